The van der Waals surface area contributed by atoms with Crippen LogP contribution in [0.4, 0.5) is 4.39 Å². The van der Waals surface area contributed by atoms with Crippen molar-refractivity contribution in [2.75, 3.05) is 0 Å². The number of hydrogen-bond acceptors (Lipinski definition) is 2. The molecule has 1 aromatic heterocycles. The third-order valence-electron chi connectivity index (χ3n) is 2.77. The molecular formula is C13H16FN3. The van der Waals surface area contributed by atoms with E-state index in [-0.39, 0.29) is 5.82 Å². The maximum atomic E-state index is 13.3. The van der Waals surface area contributed by atoms with Crippen molar-refractivity contribution in [1.29, 1.82) is 0 Å². The van der Waals surface area contributed by atoms with Crippen molar-refractivity contribution in [1.82, 2.24) is 14.9 Å². The van der Waals surface area contributed by atoms with Crippen molar-refractivity contribution in [3.8, 4) is 0 Å². The Hall–Kier alpha value is -1.68. The van der Waals surface area contributed by atoms with E-state index in [9.17, 15) is 4.39 Å². The summed E-state index contributed by atoms with van der Waals surface area (Å²) in [5.41, 5.74) is 1.63. The monoisotopic (exact) mass is 233 g/mol. The van der Waals surface area contributed by atoms with Crippen molar-refractivity contribution in [2.45, 2.75) is 20.0 Å². The van der Waals surface area contributed by atoms with Gasteiger partial charge in [0.2, 0.25) is 0 Å². The zero-order valence-electron chi connectivity index (χ0n) is 10.1. The maximum absolute atomic E-state index is 13.3. The first-order chi connectivity index (χ1) is 8.16. The molecule has 0 unspecified atom stereocenters. The molecule has 0 amide bonds. The highest BCUT2D eigenvalue weighted by Gasteiger charge is 2.01. The van der Waals surface area contributed by atoms with Crippen LogP contribution in [0.15, 0.2) is 30.6 Å². The molecule has 0 saturated carbocycles. The number of aryl methyl sites for hydroxylation is 2. The lowest BCUT2D eigenvalue weighted by atomic mass is 10.1. The summed E-state index contributed by atoms with van der Waals surface area (Å²) < 4.78 is 15.3. The highest BCUT2D eigenvalue weighted by Crippen LogP contribution is 2.09. The van der Waals surface area contributed by atoms with E-state index in [1.54, 1.807) is 25.3 Å². The Balaban J connectivity index is 1.90. The molecule has 0 aliphatic heterocycles. The zero-order valence-corrected chi connectivity index (χ0v) is 10.1. The van der Waals surface area contributed by atoms with Gasteiger partial charge >= 0.3 is 0 Å². The Bertz CT molecular complexity index is 505. The normalized spacial score (nSPS) is 10.8. The van der Waals surface area contributed by atoms with E-state index in [2.05, 4.69) is 10.3 Å². The topological polar surface area (TPSA) is 29.9 Å². The summed E-state index contributed by atoms with van der Waals surface area (Å²) >= 11 is 0. The van der Waals surface area contributed by atoms with Gasteiger partial charge in [0.25, 0.3) is 0 Å². The van der Waals surface area contributed by atoms with Gasteiger partial charge in [0, 0.05) is 26.0 Å². The fourth-order valence-electron chi connectivity index (χ4n) is 1.63. The van der Waals surface area contributed by atoms with E-state index in [0.29, 0.717) is 18.7 Å². The Morgan fingerprint density at radius 3 is 2.82 bits per heavy atom. The van der Waals surface area contributed by atoms with Gasteiger partial charge < -0.3 is 9.88 Å². The lowest BCUT2D eigenvalue weighted by Gasteiger charge is -2.06. The van der Waals surface area contributed by atoms with E-state index in [4.69, 9.17) is 0 Å². The zero-order chi connectivity index (χ0) is 12.3. The van der Waals surface area contributed by atoms with E-state index in [1.807, 2.05) is 23.9 Å². The largest absolute Gasteiger partial charge is 0.337 e. The van der Waals surface area contributed by atoms with Gasteiger partial charge in [0.15, 0.2) is 0 Å². The summed E-state index contributed by atoms with van der Waals surface area (Å²) in [5.74, 6) is 0.818. The third-order valence-corrected chi connectivity index (χ3v) is 2.77. The molecule has 2 rings (SSSR count). The fourth-order valence-corrected chi connectivity index (χ4v) is 1.63. The van der Waals surface area contributed by atoms with Crippen LogP contribution in [0, 0.1) is 12.7 Å². The highest BCUT2D eigenvalue weighted by molar-refractivity contribution is 5.23. The molecule has 0 bridgehead atoms. The third kappa shape index (κ3) is 2.91. The number of hydrogen-bond donors (Lipinski definition) is 1. The lowest BCUT2D eigenvalue weighted by Crippen LogP contribution is -2.15. The minimum Gasteiger partial charge on any atom is -0.337 e. The van der Waals surface area contributed by atoms with Gasteiger partial charge in [0.05, 0.1) is 6.54 Å². The van der Waals surface area contributed by atoms with Crippen molar-refractivity contribution in [3.63, 3.8) is 0 Å². The van der Waals surface area contributed by atoms with Gasteiger partial charge in [-0.15, -0.1) is 0 Å². The van der Waals surface area contributed by atoms with Crippen molar-refractivity contribution >= 4 is 0 Å². The number of rotatable bonds is 4. The maximum Gasteiger partial charge on any atom is 0.126 e. The van der Waals surface area contributed by atoms with Crippen LogP contribution in [0.5, 0.6) is 0 Å². The highest BCUT2D eigenvalue weighted by atomic mass is 19.1. The molecule has 1 N–H and O–H groups in total. The SMILES string of the molecule is Cc1ccc(CNCc2nccn2C)cc1F. The van der Waals surface area contributed by atoms with Crippen molar-refractivity contribution in [3.05, 3.63) is 53.4 Å². The summed E-state index contributed by atoms with van der Waals surface area (Å²) in [6.45, 7) is 3.09. The summed E-state index contributed by atoms with van der Waals surface area (Å²) in [6, 6.07) is 5.30. The minimum atomic E-state index is -0.152. The Morgan fingerprint density at radius 2 is 2.18 bits per heavy atom. The second kappa shape index (κ2) is 5.10. The Morgan fingerprint density at radius 1 is 1.35 bits per heavy atom. The van der Waals surface area contributed by atoms with Gasteiger partial charge in [-0.25, -0.2) is 9.37 Å². The molecule has 3 nitrogen and oxygen atoms in total. The van der Waals surface area contributed by atoms with Gasteiger partial charge in [-0.05, 0) is 24.1 Å². The summed E-state index contributed by atoms with van der Waals surface area (Å²) in [4.78, 5) is 4.21. The van der Waals surface area contributed by atoms with Gasteiger partial charge in [-0.1, -0.05) is 12.1 Å². The van der Waals surface area contributed by atoms with Gasteiger partial charge in [-0.2, -0.15) is 0 Å². The summed E-state index contributed by atoms with van der Waals surface area (Å²) in [5, 5.41) is 3.24. The molecule has 0 aliphatic rings. The molecule has 2 aromatic rings. The number of nitrogens with zero attached hydrogens (tertiary/aromatic N) is 2. The molecule has 0 saturated heterocycles. The predicted octanol–water partition coefficient (Wildman–Crippen LogP) is 2.16. The summed E-state index contributed by atoms with van der Waals surface area (Å²) in [7, 11) is 1.95. The molecule has 0 radical (unpaired) electrons. The van der Waals surface area contributed by atoms with Crippen LogP contribution >= 0.6 is 0 Å². The molecule has 0 spiro atoms. The standard InChI is InChI=1S/C13H16FN3/c1-10-3-4-11(7-12(10)14)8-15-9-13-16-5-6-17(13)2/h3-7,15H,8-9H2,1-2H3. The molecule has 0 aliphatic carbocycles. The molecule has 17 heavy (non-hydrogen) atoms. The van der Waals surface area contributed by atoms with E-state index < -0.39 is 0 Å². The summed E-state index contributed by atoms with van der Waals surface area (Å²) in [6.07, 6.45) is 3.67. The minimum absolute atomic E-state index is 0.152. The average molecular weight is 233 g/mol. The Kier molecular flexibility index (Phi) is 3.54. The second-order valence-electron chi connectivity index (χ2n) is 4.14. The first-order valence-corrected chi connectivity index (χ1v) is 5.59. The Labute approximate surface area is 100 Å². The average Bonchev–Trinajstić information content (AvgIpc) is 2.70. The smallest absolute Gasteiger partial charge is 0.126 e. The fraction of sp³-hybridized carbons (Fsp3) is 0.308. The van der Waals surface area contributed by atoms with Crippen LogP contribution in [0.25, 0.3) is 0 Å². The van der Waals surface area contributed by atoms with Crippen LogP contribution in [0.3, 0.4) is 0 Å². The number of benzene rings is 1. The van der Waals surface area contributed by atoms with Crippen molar-refractivity contribution < 1.29 is 4.39 Å². The van der Waals surface area contributed by atoms with Gasteiger partial charge in [-0.3, -0.25) is 0 Å². The first-order valence-electron chi connectivity index (χ1n) is 5.59. The first kappa shape index (κ1) is 11.8. The van der Waals surface area contributed by atoms with E-state index in [0.717, 1.165) is 11.4 Å². The molecule has 1 aromatic carbocycles. The van der Waals surface area contributed by atoms with Crippen LogP contribution in [-0.2, 0) is 20.1 Å². The van der Waals surface area contributed by atoms with Crippen molar-refractivity contribution in [2.24, 2.45) is 7.05 Å². The number of nitrogens with one attached hydrogen (secondary N) is 1. The molecule has 90 valence electrons. The molecule has 0 atom stereocenters. The molecular weight excluding hydrogens is 217 g/mol. The van der Waals surface area contributed by atoms with Crippen LogP contribution in [0.2, 0.25) is 0 Å². The molecule has 4 heteroatoms. The van der Waals surface area contributed by atoms with Crippen LogP contribution in [-0.4, -0.2) is 9.55 Å². The van der Waals surface area contributed by atoms with Crippen LogP contribution in [0.1, 0.15) is 17.0 Å². The number of imidazole rings is 1. The van der Waals surface area contributed by atoms with E-state index in [1.165, 1.54) is 0 Å². The lowest BCUT2D eigenvalue weighted by molar-refractivity contribution is 0.606. The molecule has 1 heterocycles. The molecule has 0 fully saturated rings. The number of aromatic nitrogens is 2. The predicted molar refractivity (Wildman–Crippen MR) is 64.9 cm³/mol. The second-order valence-corrected chi connectivity index (χ2v) is 4.14. The quantitative estimate of drug-likeness (QED) is 0.877. The van der Waals surface area contributed by atoms with Crippen LogP contribution < -0.4 is 5.32 Å². The number of halogens is 1. The van der Waals surface area contributed by atoms with E-state index >= 15 is 0 Å². The van der Waals surface area contributed by atoms with Gasteiger partial charge in [0.1, 0.15) is 11.6 Å².